The summed E-state index contributed by atoms with van der Waals surface area (Å²) in [4.78, 5) is 14.5. The summed E-state index contributed by atoms with van der Waals surface area (Å²) in [7, 11) is 0. The highest BCUT2D eigenvalue weighted by molar-refractivity contribution is 5.71. The number of halogens is 5. The van der Waals surface area contributed by atoms with E-state index in [1.807, 2.05) is 6.92 Å². The van der Waals surface area contributed by atoms with Gasteiger partial charge in [-0.25, -0.2) is 28.4 Å². The summed E-state index contributed by atoms with van der Waals surface area (Å²) < 4.78 is 66.9. The number of aromatic nitrogens is 5. The van der Waals surface area contributed by atoms with Crippen molar-refractivity contribution in [1.29, 1.82) is 0 Å². The minimum atomic E-state index is -4.45. The molecule has 7 nitrogen and oxygen atoms in total. The fourth-order valence-electron chi connectivity index (χ4n) is 5.27. The zero-order valence-electron chi connectivity index (χ0n) is 17.7. The molecule has 0 unspecified atom stereocenters. The second-order valence-electron chi connectivity index (χ2n) is 9.07. The lowest BCUT2D eigenvalue weighted by Crippen LogP contribution is -2.35. The molecule has 1 saturated carbocycles. The van der Waals surface area contributed by atoms with Gasteiger partial charge in [-0.15, -0.1) is 0 Å². The molecule has 5 rings (SSSR count). The Labute approximate surface area is 186 Å². The molecular formula is C21H22F5N7. The number of alkyl halides is 5. The Kier molecular flexibility index (Phi) is 5.13. The Balaban J connectivity index is 1.30. The fraction of sp³-hybridized carbons (Fsp3) is 0.524. The number of anilines is 2. The number of nitrogens with one attached hydrogen (secondary N) is 1. The molecule has 12 heteroatoms. The SMILES string of the molecule is C[C@]1(Nc2cnc3cnn(CC(F)F)c3n2)C[C@H]2CN(c3ncccc3C(F)(F)F)C[C@H]2C1. The summed E-state index contributed by atoms with van der Waals surface area (Å²) in [5.74, 6) is 0.845. The van der Waals surface area contributed by atoms with Crippen molar-refractivity contribution in [2.75, 3.05) is 23.3 Å². The van der Waals surface area contributed by atoms with Gasteiger partial charge < -0.3 is 10.2 Å². The monoisotopic (exact) mass is 467 g/mol. The molecule has 0 amide bonds. The van der Waals surface area contributed by atoms with E-state index in [1.165, 1.54) is 18.5 Å². The van der Waals surface area contributed by atoms with Crippen LogP contribution in [0.2, 0.25) is 0 Å². The lowest BCUT2D eigenvalue weighted by atomic mass is 9.98. The van der Waals surface area contributed by atoms with E-state index < -0.39 is 24.7 Å². The zero-order valence-corrected chi connectivity index (χ0v) is 17.7. The number of nitrogens with zero attached hydrogens (tertiary/aromatic N) is 6. The average molecular weight is 467 g/mol. The second kappa shape index (κ2) is 7.77. The van der Waals surface area contributed by atoms with Crippen molar-refractivity contribution in [3.63, 3.8) is 0 Å². The maximum atomic E-state index is 13.4. The van der Waals surface area contributed by atoms with Crippen LogP contribution >= 0.6 is 0 Å². The van der Waals surface area contributed by atoms with Gasteiger partial charge in [-0.05, 0) is 43.7 Å². The van der Waals surface area contributed by atoms with Gasteiger partial charge in [0, 0.05) is 24.8 Å². The lowest BCUT2D eigenvalue weighted by Gasteiger charge is -2.29. The number of pyridine rings is 1. The molecule has 33 heavy (non-hydrogen) atoms. The van der Waals surface area contributed by atoms with Crippen LogP contribution in [0.3, 0.4) is 0 Å². The van der Waals surface area contributed by atoms with E-state index in [0.717, 1.165) is 23.6 Å². The Morgan fingerprint density at radius 1 is 1.15 bits per heavy atom. The van der Waals surface area contributed by atoms with Crippen LogP contribution in [-0.2, 0) is 12.7 Å². The quantitative estimate of drug-likeness (QED) is 0.567. The van der Waals surface area contributed by atoms with Crippen LogP contribution in [0.4, 0.5) is 33.6 Å². The van der Waals surface area contributed by atoms with Crippen molar-refractivity contribution in [3.8, 4) is 0 Å². The molecule has 3 atom stereocenters. The molecule has 1 aliphatic heterocycles. The minimum absolute atomic E-state index is 0.0160. The van der Waals surface area contributed by atoms with Crippen molar-refractivity contribution < 1.29 is 22.0 Å². The number of rotatable bonds is 5. The third-order valence-electron chi connectivity index (χ3n) is 6.48. The van der Waals surface area contributed by atoms with Crippen LogP contribution in [0.1, 0.15) is 25.3 Å². The molecule has 0 spiro atoms. The van der Waals surface area contributed by atoms with Crippen molar-refractivity contribution in [3.05, 3.63) is 36.3 Å². The van der Waals surface area contributed by atoms with E-state index in [1.54, 1.807) is 11.1 Å². The molecule has 2 fully saturated rings. The number of hydrogen-bond acceptors (Lipinski definition) is 6. The van der Waals surface area contributed by atoms with Gasteiger partial charge in [0.15, 0.2) is 5.65 Å². The van der Waals surface area contributed by atoms with Crippen LogP contribution in [0, 0.1) is 11.8 Å². The molecule has 1 N–H and O–H groups in total. The predicted molar refractivity (Wildman–Crippen MR) is 111 cm³/mol. The van der Waals surface area contributed by atoms with Crippen LogP contribution in [-0.4, -0.2) is 49.8 Å². The van der Waals surface area contributed by atoms with Gasteiger partial charge >= 0.3 is 6.18 Å². The Hall–Kier alpha value is -3.05. The van der Waals surface area contributed by atoms with E-state index in [2.05, 4.69) is 25.4 Å². The van der Waals surface area contributed by atoms with Gasteiger partial charge in [0.25, 0.3) is 6.43 Å². The zero-order chi connectivity index (χ0) is 23.4. The van der Waals surface area contributed by atoms with Crippen molar-refractivity contribution in [1.82, 2.24) is 24.7 Å². The van der Waals surface area contributed by atoms with E-state index in [9.17, 15) is 22.0 Å². The van der Waals surface area contributed by atoms with Crippen LogP contribution in [0.15, 0.2) is 30.7 Å². The highest BCUT2D eigenvalue weighted by Crippen LogP contribution is 2.47. The molecule has 0 aromatic carbocycles. The molecule has 176 valence electrons. The van der Waals surface area contributed by atoms with E-state index in [4.69, 9.17) is 0 Å². The number of hydrogen-bond donors (Lipinski definition) is 1. The van der Waals surface area contributed by atoms with Crippen molar-refractivity contribution in [2.45, 2.75) is 44.5 Å². The third kappa shape index (κ3) is 4.18. The number of fused-ring (bicyclic) bond motifs is 2. The largest absolute Gasteiger partial charge is 0.419 e. The predicted octanol–water partition coefficient (Wildman–Crippen LogP) is 4.22. The molecule has 0 radical (unpaired) electrons. The van der Waals surface area contributed by atoms with Crippen LogP contribution in [0.25, 0.3) is 11.2 Å². The molecule has 4 heterocycles. The maximum absolute atomic E-state index is 13.4. The van der Waals surface area contributed by atoms with E-state index in [0.29, 0.717) is 24.4 Å². The summed E-state index contributed by atoms with van der Waals surface area (Å²) >= 11 is 0. The molecule has 3 aromatic rings. The topological polar surface area (TPSA) is 71.8 Å². The molecule has 2 aliphatic rings. The molecule has 0 bridgehead atoms. The third-order valence-corrected chi connectivity index (χ3v) is 6.48. The van der Waals surface area contributed by atoms with Gasteiger partial charge in [-0.3, -0.25) is 0 Å². The summed E-state index contributed by atoms with van der Waals surface area (Å²) in [6, 6.07) is 2.37. The van der Waals surface area contributed by atoms with E-state index >= 15 is 0 Å². The van der Waals surface area contributed by atoms with Gasteiger partial charge in [-0.2, -0.15) is 18.3 Å². The molecule has 1 saturated heterocycles. The standard InChI is InChI=1S/C21H22F5N7/c1-20(31-17-8-28-15-7-29-33(11-16(22)23)19(15)30-17)5-12-9-32(10-13(12)6-20)18-14(21(24,25)26)3-2-4-27-18/h2-4,7-8,12-13,16H,5-6,9-11H2,1H3,(H,30,31)/t12-,13+,20-. The first-order valence-electron chi connectivity index (χ1n) is 10.6. The highest BCUT2D eigenvalue weighted by Gasteiger charge is 2.48. The Morgan fingerprint density at radius 3 is 2.55 bits per heavy atom. The Bertz CT molecular complexity index is 1150. The van der Waals surface area contributed by atoms with Gasteiger partial charge in [0.05, 0.1) is 18.0 Å². The molecule has 3 aromatic heterocycles. The first-order chi connectivity index (χ1) is 15.6. The normalized spacial score (nSPS) is 25.2. The van der Waals surface area contributed by atoms with Crippen molar-refractivity contribution in [2.24, 2.45) is 11.8 Å². The van der Waals surface area contributed by atoms with Gasteiger partial charge in [0.1, 0.15) is 23.7 Å². The summed E-state index contributed by atoms with van der Waals surface area (Å²) in [5, 5.41) is 7.31. The van der Waals surface area contributed by atoms with E-state index in [-0.39, 0.29) is 28.8 Å². The van der Waals surface area contributed by atoms with Crippen molar-refractivity contribution >= 4 is 22.8 Å². The summed E-state index contributed by atoms with van der Waals surface area (Å²) in [6.45, 7) is 2.47. The van der Waals surface area contributed by atoms with Gasteiger partial charge in [-0.1, -0.05) is 0 Å². The fourth-order valence-corrected chi connectivity index (χ4v) is 5.27. The average Bonchev–Trinajstić information content (AvgIpc) is 3.38. The van der Waals surface area contributed by atoms with Gasteiger partial charge in [0.2, 0.25) is 0 Å². The smallest absolute Gasteiger partial charge is 0.364 e. The highest BCUT2D eigenvalue weighted by atomic mass is 19.4. The first kappa shape index (κ1) is 21.8. The molecule has 1 aliphatic carbocycles. The second-order valence-corrected chi connectivity index (χ2v) is 9.07. The Morgan fingerprint density at radius 2 is 1.88 bits per heavy atom. The maximum Gasteiger partial charge on any atom is 0.419 e. The first-order valence-corrected chi connectivity index (χ1v) is 10.6. The lowest BCUT2D eigenvalue weighted by molar-refractivity contribution is -0.137. The summed E-state index contributed by atoms with van der Waals surface area (Å²) in [6.07, 6.45) is -1.21. The summed E-state index contributed by atoms with van der Waals surface area (Å²) in [5.41, 5.74) is -0.340. The van der Waals surface area contributed by atoms with Crippen LogP contribution in [0.5, 0.6) is 0 Å². The minimum Gasteiger partial charge on any atom is -0.364 e. The van der Waals surface area contributed by atoms with Crippen LogP contribution < -0.4 is 10.2 Å². The molecular weight excluding hydrogens is 445 g/mol.